The van der Waals surface area contributed by atoms with Gasteiger partial charge in [-0.15, -0.1) is 0 Å². The highest BCUT2D eigenvalue weighted by Gasteiger charge is 2.41. The average molecular weight is 597 g/mol. The first-order valence-corrected chi connectivity index (χ1v) is 14.4. The molecule has 218 valence electrons. The lowest BCUT2D eigenvalue weighted by Gasteiger charge is -2.43. The van der Waals surface area contributed by atoms with Crippen molar-refractivity contribution in [1.29, 1.82) is 0 Å². The SMILES string of the molecule is CC1([C@@H](Cc2ccccn2)NC(=O)c2cccc(F)c2-c2cc(-c3ccc(Cl)cc3)n[nH]2)COC(c2ccccc2)OC1. The summed E-state index contributed by atoms with van der Waals surface area (Å²) in [6, 6.07) is 28.3. The molecular formula is C34H30ClFN4O3. The molecule has 1 amide bonds. The number of halogens is 2. The van der Waals surface area contributed by atoms with E-state index in [1.54, 1.807) is 30.5 Å². The van der Waals surface area contributed by atoms with Gasteiger partial charge in [0.05, 0.1) is 30.2 Å². The topological polar surface area (TPSA) is 89.1 Å². The van der Waals surface area contributed by atoms with Gasteiger partial charge in [0.25, 0.3) is 5.91 Å². The quantitative estimate of drug-likeness (QED) is 0.201. The van der Waals surface area contributed by atoms with Crippen molar-refractivity contribution in [3.05, 3.63) is 131 Å². The van der Waals surface area contributed by atoms with Crippen LogP contribution in [0.2, 0.25) is 5.02 Å². The molecule has 9 heteroatoms. The zero-order chi connectivity index (χ0) is 29.8. The molecule has 6 rings (SSSR count). The second-order valence-electron chi connectivity index (χ2n) is 10.9. The number of aromatic nitrogens is 3. The van der Waals surface area contributed by atoms with Crippen molar-refractivity contribution in [2.24, 2.45) is 5.41 Å². The van der Waals surface area contributed by atoms with Crippen LogP contribution in [0.1, 0.15) is 34.8 Å². The van der Waals surface area contributed by atoms with E-state index in [0.717, 1.165) is 16.8 Å². The Bertz CT molecular complexity index is 1690. The number of ether oxygens (including phenoxy) is 2. The van der Waals surface area contributed by atoms with Crippen LogP contribution in [-0.4, -0.2) is 40.3 Å². The highest BCUT2D eigenvalue weighted by molar-refractivity contribution is 6.30. The van der Waals surface area contributed by atoms with Crippen molar-refractivity contribution in [1.82, 2.24) is 20.5 Å². The summed E-state index contributed by atoms with van der Waals surface area (Å²) in [5.74, 6) is -0.967. The number of H-pyrrole nitrogens is 1. The molecule has 1 atom stereocenters. The van der Waals surface area contributed by atoms with E-state index < -0.39 is 29.5 Å². The van der Waals surface area contributed by atoms with E-state index in [2.05, 4.69) is 20.5 Å². The van der Waals surface area contributed by atoms with E-state index in [1.165, 1.54) is 12.1 Å². The largest absolute Gasteiger partial charge is 0.348 e. The first-order valence-electron chi connectivity index (χ1n) is 14.0. The van der Waals surface area contributed by atoms with Gasteiger partial charge in [-0.2, -0.15) is 5.10 Å². The van der Waals surface area contributed by atoms with Gasteiger partial charge in [0.1, 0.15) is 5.82 Å². The number of carbonyl (C=O) groups excluding carboxylic acids is 1. The molecule has 0 aliphatic carbocycles. The second-order valence-corrected chi connectivity index (χ2v) is 11.3. The zero-order valence-corrected chi connectivity index (χ0v) is 24.2. The fourth-order valence-corrected chi connectivity index (χ4v) is 5.39. The minimum Gasteiger partial charge on any atom is -0.348 e. The van der Waals surface area contributed by atoms with Gasteiger partial charge in [0.15, 0.2) is 6.29 Å². The van der Waals surface area contributed by atoms with Gasteiger partial charge in [-0.1, -0.05) is 73.1 Å². The summed E-state index contributed by atoms with van der Waals surface area (Å²) in [7, 11) is 0. The molecule has 0 saturated carbocycles. The number of hydrogen-bond acceptors (Lipinski definition) is 5. The number of nitrogens with zero attached hydrogens (tertiary/aromatic N) is 2. The van der Waals surface area contributed by atoms with Crippen LogP contribution in [0, 0.1) is 11.2 Å². The molecule has 1 saturated heterocycles. The Morgan fingerprint density at radius 1 is 1.02 bits per heavy atom. The van der Waals surface area contributed by atoms with E-state index in [9.17, 15) is 4.79 Å². The Balaban J connectivity index is 1.28. The van der Waals surface area contributed by atoms with Crippen LogP contribution in [0.4, 0.5) is 4.39 Å². The van der Waals surface area contributed by atoms with Gasteiger partial charge in [-0.25, -0.2) is 4.39 Å². The van der Waals surface area contributed by atoms with E-state index in [-0.39, 0.29) is 11.1 Å². The number of nitrogens with one attached hydrogen (secondary N) is 2. The molecule has 2 N–H and O–H groups in total. The first-order chi connectivity index (χ1) is 20.9. The van der Waals surface area contributed by atoms with Crippen molar-refractivity contribution in [3.8, 4) is 22.5 Å². The maximum atomic E-state index is 15.4. The third kappa shape index (κ3) is 6.37. The highest BCUT2D eigenvalue weighted by atomic mass is 35.5. The fourth-order valence-electron chi connectivity index (χ4n) is 5.27. The molecule has 3 heterocycles. The van der Waals surface area contributed by atoms with Crippen LogP contribution in [-0.2, 0) is 15.9 Å². The Morgan fingerprint density at radius 2 is 1.77 bits per heavy atom. The molecule has 1 fully saturated rings. The Morgan fingerprint density at radius 3 is 2.49 bits per heavy atom. The van der Waals surface area contributed by atoms with Crippen LogP contribution in [0.25, 0.3) is 22.5 Å². The molecule has 0 spiro atoms. The second kappa shape index (κ2) is 12.5. The van der Waals surface area contributed by atoms with Gasteiger partial charge in [-0.3, -0.25) is 14.9 Å². The number of pyridine rings is 1. The van der Waals surface area contributed by atoms with Crippen LogP contribution in [0.15, 0.2) is 103 Å². The van der Waals surface area contributed by atoms with Crippen LogP contribution >= 0.6 is 11.6 Å². The number of rotatable bonds is 8. The maximum absolute atomic E-state index is 15.4. The Kier molecular flexibility index (Phi) is 8.33. The molecule has 7 nitrogen and oxygen atoms in total. The summed E-state index contributed by atoms with van der Waals surface area (Å²) in [5, 5.41) is 11.0. The predicted octanol–water partition coefficient (Wildman–Crippen LogP) is 7.02. The summed E-state index contributed by atoms with van der Waals surface area (Å²) in [6.07, 6.45) is 1.66. The van der Waals surface area contributed by atoms with Crippen molar-refractivity contribution in [2.45, 2.75) is 25.7 Å². The van der Waals surface area contributed by atoms with Crippen molar-refractivity contribution in [2.75, 3.05) is 13.2 Å². The molecular weight excluding hydrogens is 567 g/mol. The lowest BCUT2D eigenvalue weighted by Crippen LogP contribution is -2.54. The molecule has 43 heavy (non-hydrogen) atoms. The van der Waals surface area contributed by atoms with Crippen molar-refractivity contribution < 1.29 is 18.7 Å². The van der Waals surface area contributed by atoms with Gasteiger partial charge in [-0.05, 0) is 42.5 Å². The van der Waals surface area contributed by atoms with Gasteiger partial charge < -0.3 is 14.8 Å². The normalized spacial score (nSPS) is 19.1. The summed E-state index contributed by atoms with van der Waals surface area (Å²) in [4.78, 5) is 18.4. The fraction of sp³-hybridized carbons (Fsp3) is 0.206. The van der Waals surface area contributed by atoms with E-state index >= 15 is 4.39 Å². The molecule has 1 aliphatic heterocycles. The predicted molar refractivity (Wildman–Crippen MR) is 163 cm³/mol. The number of aromatic amines is 1. The first kappa shape index (κ1) is 28.7. The van der Waals surface area contributed by atoms with Crippen LogP contribution in [0.3, 0.4) is 0 Å². The van der Waals surface area contributed by atoms with Gasteiger partial charge in [0.2, 0.25) is 0 Å². The Labute approximate surface area is 254 Å². The molecule has 2 aromatic heterocycles. The van der Waals surface area contributed by atoms with E-state index in [0.29, 0.717) is 36.0 Å². The number of hydrogen-bond donors (Lipinski definition) is 2. The molecule has 0 unspecified atom stereocenters. The molecule has 3 aromatic carbocycles. The van der Waals surface area contributed by atoms with E-state index in [1.807, 2.05) is 67.6 Å². The minimum absolute atomic E-state index is 0.134. The number of carbonyl (C=O) groups is 1. The highest BCUT2D eigenvalue weighted by Crippen LogP contribution is 2.36. The standard InChI is InChI=1S/C34H30ClFN4O3/c1-34(20-42-33(43-21-34)23-8-3-2-4-9-23)30(18-25-10-5-6-17-37-25)38-32(41)26-11-7-12-27(36)31(26)29-19-28(39-40-29)22-13-15-24(35)16-14-22/h2-17,19,30,33H,18,20-21H2,1H3,(H,38,41)(H,39,40)/t30-,33?,34?/m1/s1. The monoisotopic (exact) mass is 596 g/mol. The van der Waals surface area contributed by atoms with Crippen molar-refractivity contribution >= 4 is 17.5 Å². The molecule has 5 aromatic rings. The third-order valence-corrected chi connectivity index (χ3v) is 7.98. The lowest BCUT2D eigenvalue weighted by molar-refractivity contribution is -0.235. The van der Waals surface area contributed by atoms with Crippen LogP contribution < -0.4 is 5.32 Å². The summed E-state index contributed by atoms with van der Waals surface area (Å²) >= 11 is 6.03. The summed E-state index contributed by atoms with van der Waals surface area (Å²) in [6.45, 7) is 2.69. The number of benzene rings is 3. The van der Waals surface area contributed by atoms with Crippen molar-refractivity contribution in [3.63, 3.8) is 0 Å². The molecule has 0 bridgehead atoms. The maximum Gasteiger partial charge on any atom is 0.252 e. The van der Waals surface area contributed by atoms with Gasteiger partial charge in [0, 0.05) is 51.5 Å². The molecule has 0 radical (unpaired) electrons. The smallest absolute Gasteiger partial charge is 0.252 e. The number of amides is 1. The summed E-state index contributed by atoms with van der Waals surface area (Å²) < 4.78 is 27.7. The third-order valence-electron chi connectivity index (χ3n) is 7.73. The zero-order valence-electron chi connectivity index (χ0n) is 23.5. The Hall–Kier alpha value is -4.37. The van der Waals surface area contributed by atoms with E-state index in [4.69, 9.17) is 21.1 Å². The molecule has 1 aliphatic rings. The van der Waals surface area contributed by atoms with Gasteiger partial charge >= 0.3 is 0 Å². The average Bonchev–Trinajstić information content (AvgIpc) is 3.52. The lowest BCUT2D eigenvalue weighted by atomic mass is 9.80. The van der Waals surface area contributed by atoms with Crippen LogP contribution in [0.5, 0.6) is 0 Å². The summed E-state index contributed by atoms with van der Waals surface area (Å²) in [5.41, 5.74) is 3.25. The minimum atomic E-state index is -0.596.